The SMILES string of the molecule is O=C(COc1ccc(F)cc1F)Nc1n[nH]c2ccccc12. The number of hydrogen-bond donors (Lipinski definition) is 2. The molecule has 3 aromatic rings. The van der Waals surface area contributed by atoms with E-state index in [1.54, 1.807) is 6.07 Å². The Hall–Kier alpha value is -2.96. The molecule has 0 spiro atoms. The summed E-state index contributed by atoms with van der Waals surface area (Å²) in [6, 6.07) is 10.1. The predicted octanol–water partition coefficient (Wildman–Crippen LogP) is 2.86. The minimum absolute atomic E-state index is 0.191. The van der Waals surface area contributed by atoms with Gasteiger partial charge in [0.1, 0.15) is 5.82 Å². The van der Waals surface area contributed by atoms with E-state index in [9.17, 15) is 13.6 Å². The highest BCUT2D eigenvalue weighted by Gasteiger charge is 2.11. The summed E-state index contributed by atoms with van der Waals surface area (Å²) in [5, 5.41) is 10.1. The zero-order chi connectivity index (χ0) is 15.5. The summed E-state index contributed by atoms with van der Waals surface area (Å²) in [6.45, 7) is -0.413. The van der Waals surface area contributed by atoms with Crippen LogP contribution in [-0.2, 0) is 4.79 Å². The van der Waals surface area contributed by atoms with Crippen LogP contribution in [0.1, 0.15) is 0 Å². The molecule has 0 radical (unpaired) electrons. The molecule has 0 bridgehead atoms. The van der Waals surface area contributed by atoms with Gasteiger partial charge in [0.2, 0.25) is 0 Å². The van der Waals surface area contributed by atoms with Gasteiger partial charge in [-0.3, -0.25) is 9.89 Å². The molecule has 2 aromatic carbocycles. The summed E-state index contributed by atoms with van der Waals surface area (Å²) in [4.78, 5) is 11.8. The fourth-order valence-corrected chi connectivity index (χ4v) is 1.96. The summed E-state index contributed by atoms with van der Waals surface area (Å²) < 4.78 is 31.2. The minimum Gasteiger partial charge on any atom is -0.481 e. The summed E-state index contributed by atoms with van der Waals surface area (Å²) in [5.74, 6) is -1.90. The smallest absolute Gasteiger partial charge is 0.263 e. The van der Waals surface area contributed by atoms with E-state index in [1.807, 2.05) is 18.2 Å². The van der Waals surface area contributed by atoms with Crippen LogP contribution >= 0.6 is 0 Å². The van der Waals surface area contributed by atoms with E-state index >= 15 is 0 Å². The molecule has 0 fully saturated rings. The third-order valence-electron chi connectivity index (χ3n) is 2.98. The van der Waals surface area contributed by atoms with Crippen molar-refractivity contribution in [1.82, 2.24) is 10.2 Å². The highest BCUT2D eigenvalue weighted by molar-refractivity contribution is 6.00. The molecule has 2 N–H and O–H groups in total. The monoisotopic (exact) mass is 303 g/mol. The van der Waals surface area contributed by atoms with Crippen molar-refractivity contribution in [3.05, 3.63) is 54.1 Å². The van der Waals surface area contributed by atoms with Crippen molar-refractivity contribution in [3.63, 3.8) is 0 Å². The molecule has 0 saturated carbocycles. The second kappa shape index (κ2) is 5.80. The number of anilines is 1. The fraction of sp³-hybridized carbons (Fsp3) is 0.0667. The molecule has 0 aliphatic rings. The van der Waals surface area contributed by atoms with Crippen LogP contribution in [0.15, 0.2) is 42.5 Å². The number of nitrogens with zero attached hydrogens (tertiary/aromatic N) is 1. The van der Waals surface area contributed by atoms with E-state index in [2.05, 4.69) is 15.5 Å². The van der Waals surface area contributed by atoms with E-state index in [-0.39, 0.29) is 5.75 Å². The number of carbonyl (C=O) groups is 1. The van der Waals surface area contributed by atoms with Crippen LogP contribution in [0.3, 0.4) is 0 Å². The lowest BCUT2D eigenvalue weighted by Crippen LogP contribution is -2.20. The average molecular weight is 303 g/mol. The van der Waals surface area contributed by atoms with Crippen LogP contribution < -0.4 is 10.1 Å². The molecule has 22 heavy (non-hydrogen) atoms. The predicted molar refractivity (Wildman–Crippen MR) is 76.6 cm³/mol. The average Bonchev–Trinajstić information content (AvgIpc) is 2.90. The first-order valence-corrected chi connectivity index (χ1v) is 6.44. The van der Waals surface area contributed by atoms with E-state index in [4.69, 9.17) is 4.74 Å². The quantitative estimate of drug-likeness (QED) is 0.779. The lowest BCUT2D eigenvalue weighted by Gasteiger charge is -2.07. The number of nitrogens with one attached hydrogen (secondary N) is 2. The number of amides is 1. The van der Waals surface area contributed by atoms with Crippen LogP contribution in [0.5, 0.6) is 5.75 Å². The standard InChI is InChI=1S/C15H11F2N3O2/c16-9-5-6-13(11(17)7-9)22-8-14(21)18-15-10-3-1-2-4-12(10)19-20-15/h1-7H,8H2,(H2,18,19,20,21). The Labute approximate surface area is 123 Å². The number of aromatic amines is 1. The number of hydrogen-bond acceptors (Lipinski definition) is 3. The van der Waals surface area contributed by atoms with Gasteiger partial charge in [0, 0.05) is 11.5 Å². The van der Waals surface area contributed by atoms with Gasteiger partial charge in [-0.25, -0.2) is 8.78 Å². The molecule has 1 amide bonds. The van der Waals surface area contributed by atoms with Gasteiger partial charge in [-0.05, 0) is 24.3 Å². The Morgan fingerprint density at radius 1 is 1.23 bits per heavy atom. The van der Waals surface area contributed by atoms with E-state index in [1.165, 1.54) is 0 Å². The minimum atomic E-state index is -0.863. The van der Waals surface area contributed by atoms with E-state index in [0.29, 0.717) is 11.9 Å². The number of para-hydroxylation sites is 1. The number of aromatic nitrogens is 2. The van der Waals surface area contributed by atoms with Crippen LogP contribution in [0.4, 0.5) is 14.6 Å². The second-order valence-electron chi connectivity index (χ2n) is 4.53. The Morgan fingerprint density at radius 3 is 2.86 bits per heavy atom. The van der Waals surface area contributed by atoms with Gasteiger partial charge in [0.25, 0.3) is 5.91 Å². The largest absolute Gasteiger partial charge is 0.481 e. The molecule has 112 valence electrons. The maximum atomic E-state index is 13.4. The zero-order valence-electron chi connectivity index (χ0n) is 11.3. The van der Waals surface area contributed by atoms with Gasteiger partial charge in [0.05, 0.1) is 5.52 Å². The van der Waals surface area contributed by atoms with Crippen molar-refractivity contribution in [2.24, 2.45) is 0 Å². The fourth-order valence-electron chi connectivity index (χ4n) is 1.96. The maximum Gasteiger partial charge on any atom is 0.263 e. The van der Waals surface area contributed by atoms with E-state index < -0.39 is 24.1 Å². The molecule has 3 rings (SSSR count). The van der Waals surface area contributed by atoms with Gasteiger partial charge < -0.3 is 10.1 Å². The van der Waals surface area contributed by atoms with Gasteiger partial charge in [-0.2, -0.15) is 5.10 Å². The van der Waals surface area contributed by atoms with Crippen molar-refractivity contribution >= 4 is 22.6 Å². The molecule has 7 heteroatoms. The molecule has 1 heterocycles. The summed E-state index contributed by atoms with van der Waals surface area (Å²) in [7, 11) is 0. The van der Waals surface area contributed by atoms with Gasteiger partial charge in [-0.15, -0.1) is 0 Å². The number of rotatable bonds is 4. The van der Waals surface area contributed by atoms with Crippen LogP contribution in [0.2, 0.25) is 0 Å². The van der Waals surface area contributed by atoms with Crippen molar-refractivity contribution in [1.29, 1.82) is 0 Å². The number of ether oxygens (including phenoxy) is 1. The van der Waals surface area contributed by atoms with Crippen LogP contribution in [-0.4, -0.2) is 22.7 Å². The normalized spacial score (nSPS) is 10.6. The Bertz CT molecular complexity index is 833. The van der Waals surface area contributed by atoms with Gasteiger partial charge in [0.15, 0.2) is 24.0 Å². The summed E-state index contributed by atoms with van der Waals surface area (Å²) in [6.07, 6.45) is 0. The number of carbonyl (C=O) groups excluding carboxylic acids is 1. The topological polar surface area (TPSA) is 67.0 Å². The Balaban J connectivity index is 1.65. The van der Waals surface area contributed by atoms with Crippen molar-refractivity contribution in [2.75, 3.05) is 11.9 Å². The summed E-state index contributed by atoms with van der Waals surface area (Å²) in [5.41, 5.74) is 0.781. The first-order valence-electron chi connectivity index (χ1n) is 6.44. The molecular formula is C15H11F2N3O2. The molecule has 0 atom stereocenters. The Morgan fingerprint density at radius 2 is 2.05 bits per heavy atom. The molecule has 0 unspecified atom stereocenters. The number of halogens is 2. The molecule has 0 saturated heterocycles. The molecular weight excluding hydrogens is 292 g/mol. The second-order valence-corrected chi connectivity index (χ2v) is 4.53. The van der Waals surface area contributed by atoms with Crippen molar-refractivity contribution in [3.8, 4) is 5.75 Å². The van der Waals surface area contributed by atoms with Crippen molar-refractivity contribution in [2.45, 2.75) is 0 Å². The van der Waals surface area contributed by atoms with E-state index in [0.717, 1.165) is 23.0 Å². The maximum absolute atomic E-state index is 13.4. The lowest BCUT2D eigenvalue weighted by atomic mass is 10.2. The van der Waals surface area contributed by atoms with Gasteiger partial charge in [-0.1, -0.05) is 12.1 Å². The van der Waals surface area contributed by atoms with Crippen LogP contribution in [0, 0.1) is 11.6 Å². The Kier molecular flexibility index (Phi) is 3.69. The summed E-state index contributed by atoms with van der Waals surface area (Å²) >= 11 is 0. The first kappa shape index (κ1) is 14.0. The molecule has 0 aliphatic carbocycles. The molecule has 5 nitrogen and oxygen atoms in total. The third-order valence-corrected chi connectivity index (χ3v) is 2.98. The number of benzene rings is 2. The van der Waals surface area contributed by atoms with Crippen LogP contribution in [0.25, 0.3) is 10.9 Å². The van der Waals surface area contributed by atoms with Gasteiger partial charge >= 0.3 is 0 Å². The lowest BCUT2D eigenvalue weighted by molar-refractivity contribution is -0.118. The highest BCUT2D eigenvalue weighted by Crippen LogP contribution is 2.20. The zero-order valence-corrected chi connectivity index (χ0v) is 11.3. The molecule has 1 aromatic heterocycles. The number of fused-ring (bicyclic) bond motifs is 1. The number of H-pyrrole nitrogens is 1. The first-order chi connectivity index (χ1) is 10.6. The third kappa shape index (κ3) is 2.88. The molecule has 0 aliphatic heterocycles. The van der Waals surface area contributed by atoms with Crippen molar-refractivity contribution < 1.29 is 18.3 Å². The highest BCUT2D eigenvalue weighted by atomic mass is 19.1.